The van der Waals surface area contributed by atoms with Crippen molar-refractivity contribution in [2.24, 2.45) is 0 Å². The number of imidazole rings is 1. The number of hydrogen-bond acceptors (Lipinski definition) is 4. The highest BCUT2D eigenvalue weighted by atomic mass is 79.9. The molecule has 5 rings (SSSR count). The van der Waals surface area contributed by atoms with E-state index in [-0.39, 0.29) is 0 Å². The van der Waals surface area contributed by atoms with Gasteiger partial charge in [-0.25, -0.2) is 4.98 Å². The van der Waals surface area contributed by atoms with Gasteiger partial charge in [-0.2, -0.15) is 5.10 Å². The summed E-state index contributed by atoms with van der Waals surface area (Å²) in [6.07, 6.45) is 1.90. The van der Waals surface area contributed by atoms with Crippen molar-refractivity contribution in [2.45, 2.75) is 32.9 Å². The van der Waals surface area contributed by atoms with Gasteiger partial charge in [0.25, 0.3) is 0 Å². The predicted molar refractivity (Wildman–Crippen MR) is 144 cm³/mol. The van der Waals surface area contributed by atoms with Crippen LogP contribution in [-0.2, 0) is 17.8 Å². The molecule has 180 valence electrons. The van der Waals surface area contributed by atoms with Crippen molar-refractivity contribution in [3.8, 4) is 17.1 Å². The zero-order valence-corrected chi connectivity index (χ0v) is 22.0. The van der Waals surface area contributed by atoms with E-state index >= 15 is 0 Å². The molecule has 0 aliphatic rings. The van der Waals surface area contributed by atoms with E-state index in [1.165, 1.54) is 5.56 Å². The lowest BCUT2D eigenvalue weighted by atomic mass is 10.0. The number of methoxy groups -OCH3 is 2. The van der Waals surface area contributed by atoms with Crippen LogP contribution < -0.4 is 4.74 Å². The van der Waals surface area contributed by atoms with Gasteiger partial charge in [-0.3, -0.25) is 4.68 Å². The molecule has 0 amide bonds. The highest BCUT2D eigenvalue weighted by molar-refractivity contribution is 9.10. The molecule has 0 spiro atoms. The summed E-state index contributed by atoms with van der Waals surface area (Å²) < 4.78 is 16.5. The first-order chi connectivity index (χ1) is 17.0. The highest BCUT2D eigenvalue weighted by Crippen LogP contribution is 2.38. The second-order valence-electron chi connectivity index (χ2n) is 8.97. The van der Waals surface area contributed by atoms with Crippen molar-refractivity contribution in [3.63, 3.8) is 0 Å². The van der Waals surface area contributed by atoms with Crippen LogP contribution in [0.5, 0.6) is 5.75 Å². The summed E-state index contributed by atoms with van der Waals surface area (Å²) in [7, 11) is 3.43. The summed E-state index contributed by atoms with van der Waals surface area (Å²) in [5.41, 5.74) is 6.34. The van der Waals surface area contributed by atoms with Gasteiger partial charge >= 0.3 is 0 Å². The Morgan fingerprint density at radius 1 is 1.03 bits per heavy atom. The average molecular weight is 533 g/mol. The summed E-state index contributed by atoms with van der Waals surface area (Å²) >= 11 is 3.87. The number of fused-ring (bicyclic) bond motifs is 2. The van der Waals surface area contributed by atoms with Gasteiger partial charge in [0.15, 0.2) is 0 Å². The van der Waals surface area contributed by atoms with Crippen molar-refractivity contribution in [1.82, 2.24) is 19.3 Å². The average Bonchev–Trinajstić information content (AvgIpc) is 3.46. The lowest BCUT2D eigenvalue weighted by molar-refractivity contribution is 0.188. The fourth-order valence-electron chi connectivity index (χ4n) is 4.52. The van der Waals surface area contributed by atoms with E-state index in [2.05, 4.69) is 81.9 Å². The second kappa shape index (κ2) is 9.84. The molecule has 0 aliphatic heterocycles. The van der Waals surface area contributed by atoms with E-state index in [4.69, 9.17) is 14.5 Å². The molecule has 6 nitrogen and oxygen atoms in total. The highest BCUT2D eigenvalue weighted by Gasteiger charge is 2.22. The van der Waals surface area contributed by atoms with E-state index in [0.29, 0.717) is 25.6 Å². The van der Waals surface area contributed by atoms with Crippen LogP contribution in [0, 0.1) is 0 Å². The van der Waals surface area contributed by atoms with Gasteiger partial charge in [-0.15, -0.1) is 0 Å². The lowest BCUT2D eigenvalue weighted by Crippen LogP contribution is -2.07. The Hall–Kier alpha value is -3.16. The number of benzene rings is 3. The van der Waals surface area contributed by atoms with Crippen molar-refractivity contribution < 1.29 is 9.47 Å². The Labute approximate surface area is 213 Å². The molecule has 3 aromatic carbocycles. The smallest absolute Gasteiger partial charge is 0.145 e. The zero-order valence-electron chi connectivity index (χ0n) is 20.5. The van der Waals surface area contributed by atoms with E-state index in [1.807, 2.05) is 23.0 Å². The Kier molecular flexibility index (Phi) is 6.62. The molecule has 2 heterocycles. The summed E-state index contributed by atoms with van der Waals surface area (Å²) in [5, 5.41) is 5.73. The van der Waals surface area contributed by atoms with Gasteiger partial charge in [-0.1, -0.05) is 56.3 Å². The molecule has 2 aromatic heterocycles. The molecular formula is C28H29BrN4O2. The van der Waals surface area contributed by atoms with Crippen LogP contribution in [0.4, 0.5) is 0 Å². The van der Waals surface area contributed by atoms with E-state index in [1.54, 1.807) is 14.2 Å². The Morgan fingerprint density at radius 3 is 2.51 bits per heavy atom. The van der Waals surface area contributed by atoms with Gasteiger partial charge in [0, 0.05) is 24.6 Å². The monoisotopic (exact) mass is 532 g/mol. The molecule has 35 heavy (non-hydrogen) atoms. The number of hydrogen-bond donors (Lipinski definition) is 0. The molecule has 0 atom stereocenters. The quantitative estimate of drug-likeness (QED) is 0.224. The second-order valence-corrected chi connectivity index (χ2v) is 9.76. The summed E-state index contributed by atoms with van der Waals surface area (Å²) in [5.74, 6) is 2.16. The SMILES string of the molecule is COCCn1c(-c2ccc(C(C)C)cc2)nc2c(Br)c(Cn3ncc4ccccc43)cc(OC)c21. The van der Waals surface area contributed by atoms with Gasteiger partial charge in [-0.05, 0) is 45.1 Å². The van der Waals surface area contributed by atoms with Crippen molar-refractivity contribution in [2.75, 3.05) is 20.8 Å². The fraction of sp³-hybridized carbons (Fsp3) is 0.286. The minimum absolute atomic E-state index is 0.478. The van der Waals surface area contributed by atoms with Crippen LogP contribution in [0.3, 0.4) is 0 Å². The van der Waals surface area contributed by atoms with Crippen LogP contribution in [-0.4, -0.2) is 40.2 Å². The molecule has 0 saturated carbocycles. The Bertz CT molecular complexity index is 1480. The fourth-order valence-corrected chi connectivity index (χ4v) is 5.04. The number of nitrogens with zero attached hydrogens (tertiary/aromatic N) is 4. The summed E-state index contributed by atoms with van der Waals surface area (Å²) in [4.78, 5) is 5.12. The molecule has 0 radical (unpaired) electrons. The molecule has 0 saturated heterocycles. The van der Waals surface area contributed by atoms with Gasteiger partial charge in [0.1, 0.15) is 22.6 Å². The van der Waals surface area contributed by atoms with Crippen LogP contribution in [0.25, 0.3) is 33.3 Å². The molecule has 0 bridgehead atoms. The van der Waals surface area contributed by atoms with Crippen LogP contribution >= 0.6 is 15.9 Å². The minimum atomic E-state index is 0.478. The Balaban J connectivity index is 1.66. The van der Waals surface area contributed by atoms with E-state index < -0.39 is 0 Å². The van der Waals surface area contributed by atoms with E-state index in [9.17, 15) is 0 Å². The number of para-hydroxylation sites is 1. The third-order valence-corrected chi connectivity index (χ3v) is 7.33. The number of halogens is 1. The largest absolute Gasteiger partial charge is 0.494 e. The molecule has 7 heteroatoms. The number of aromatic nitrogens is 4. The third-order valence-electron chi connectivity index (χ3n) is 6.44. The first kappa shape index (κ1) is 23.6. The molecule has 5 aromatic rings. The maximum absolute atomic E-state index is 5.90. The lowest BCUT2D eigenvalue weighted by Gasteiger charge is -2.14. The minimum Gasteiger partial charge on any atom is -0.494 e. The third kappa shape index (κ3) is 4.34. The molecule has 0 N–H and O–H groups in total. The number of ether oxygens (including phenoxy) is 2. The normalized spacial score (nSPS) is 11.7. The van der Waals surface area contributed by atoms with Crippen LogP contribution in [0.15, 0.2) is 65.3 Å². The van der Waals surface area contributed by atoms with Crippen molar-refractivity contribution >= 4 is 37.9 Å². The molecule has 0 unspecified atom stereocenters. The van der Waals surface area contributed by atoms with Crippen LogP contribution in [0.1, 0.15) is 30.9 Å². The first-order valence-electron chi connectivity index (χ1n) is 11.8. The van der Waals surface area contributed by atoms with Crippen molar-refractivity contribution in [3.05, 3.63) is 76.4 Å². The first-order valence-corrected chi connectivity index (χ1v) is 12.6. The Morgan fingerprint density at radius 2 is 1.80 bits per heavy atom. The number of rotatable bonds is 8. The topological polar surface area (TPSA) is 54.1 Å². The maximum Gasteiger partial charge on any atom is 0.145 e. The predicted octanol–water partition coefficient (Wildman–Crippen LogP) is 6.64. The van der Waals surface area contributed by atoms with Gasteiger partial charge in [0.05, 0.1) is 36.4 Å². The van der Waals surface area contributed by atoms with Gasteiger partial charge in [0.2, 0.25) is 0 Å². The standard InChI is InChI=1S/C28H29BrN4O2/c1-18(2)19-9-11-20(12-10-19)28-31-26-25(29)22(15-24(35-4)27(26)32(28)13-14-34-3)17-33-23-8-6-5-7-21(23)16-30-33/h5-12,15-16,18H,13-14,17H2,1-4H3. The maximum atomic E-state index is 5.90. The molecule has 0 fully saturated rings. The molecule has 0 aliphatic carbocycles. The molecular weight excluding hydrogens is 504 g/mol. The summed E-state index contributed by atoms with van der Waals surface area (Å²) in [6, 6.07) is 19.0. The zero-order chi connectivity index (χ0) is 24.5. The van der Waals surface area contributed by atoms with Gasteiger partial charge < -0.3 is 14.0 Å². The van der Waals surface area contributed by atoms with E-state index in [0.717, 1.165) is 49.1 Å². The van der Waals surface area contributed by atoms with Crippen LogP contribution in [0.2, 0.25) is 0 Å². The summed E-state index contributed by atoms with van der Waals surface area (Å²) in [6.45, 7) is 6.25. The van der Waals surface area contributed by atoms with Crippen molar-refractivity contribution in [1.29, 1.82) is 0 Å².